The van der Waals surface area contributed by atoms with E-state index in [1.807, 2.05) is 0 Å². The summed E-state index contributed by atoms with van der Waals surface area (Å²) in [6, 6.07) is 13.5. The lowest BCUT2D eigenvalue weighted by atomic mass is 10.0. The van der Waals surface area contributed by atoms with E-state index in [-0.39, 0.29) is 23.4 Å². The van der Waals surface area contributed by atoms with Gasteiger partial charge in [-0.2, -0.15) is 0 Å². The van der Waals surface area contributed by atoms with Gasteiger partial charge in [-0.1, -0.05) is 29.8 Å². The number of aromatic nitrogens is 2. The SMILES string of the molecule is O=C(O)Cc1c(C(=O)c2cc3ccccc3c(=O)[nH]2)[nH]c2ccc(Cl)cc12. The first-order chi connectivity index (χ1) is 12.9. The largest absolute Gasteiger partial charge is 0.481 e. The monoisotopic (exact) mass is 380 g/mol. The molecule has 2 heterocycles. The number of fused-ring (bicyclic) bond motifs is 2. The van der Waals surface area contributed by atoms with Crippen LogP contribution < -0.4 is 5.56 Å². The first kappa shape index (κ1) is 17.1. The maximum Gasteiger partial charge on any atom is 0.307 e. The summed E-state index contributed by atoms with van der Waals surface area (Å²) in [5.41, 5.74) is 0.764. The Labute approximate surface area is 157 Å². The summed E-state index contributed by atoms with van der Waals surface area (Å²) in [5.74, 6) is -1.56. The average molecular weight is 381 g/mol. The van der Waals surface area contributed by atoms with Crippen molar-refractivity contribution in [3.63, 3.8) is 0 Å². The minimum absolute atomic E-state index is 0.0861. The lowest BCUT2D eigenvalue weighted by Gasteiger charge is -2.04. The van der Waals surface area contributed by atoms with Gasteiger partial charge in [0.25, 0.3) is 5.56 Å². The topological polar surface area (TPSA) is 103 Å². The molecule has 4 aromatic rings. The Morgan fingerprint density at radius 1 is 1.00 bits per heavy atom. The molecule has 2 aromatic heterocycles. The van der Waals surface area contributed by atoms with Crippen LogP contribution in [0.4, 0.5) is 0 Å². The molecule has 3 N–H and O–H groups in total. The number of carboxylic acids is 1. The fourth-order valence-electron chi connectivity index (χ4n) is 3.22. The van der Waals surface area contributed by atoms with Crippen molar-refractivity contribution in [1.82, 2.24) is 9.97 Å². The molecule has 0 saturated carbocycles. The van der Waals surface area contributed by atoms with E-state index < -0.39 is 11.8 Å². The summed E-state index contributed by atoms with van der Waals surface area (Å²) in [5, 5.41) is 11.4. The Morgan fingerprint density at radius 2 is 1.78 bits per heavy atom. The zero-order valence-electron chi connectivity index (χ0n) is 13.9. The third-order valence-electron chi connectivity index (χ3n) is 4.42. The van der Waals surface area contributed by atoms with E-state index >= 15 is 0 Å². The number of hydrogen-bond donors (Lipinski definition) is 3. The summed E-state index contributed by atoms with van der Waals surface area (Å²) in [4.78, 5) is 42.2. The molecule has 0 radical (unpaired) electrons. The molecule has 0 unspecified atom stereocenters. The number of H-pyrrole nitrogens is 2. The number of halogens is 1. The normalized spacial score (nSPS) is 11.1. The minimum atomic E-state index is -1.07. The molecule has 0 spiro atoms. The van der Waals surface area contributed by atoms with E-state index in [9.17, 15) is 19.5 Å². The van der Waals surface area contributed by atoms with Crippen LogP contribution in [-0.4, -0.2) is 26.8 Å². The van der Waals surface area contributed by atoms with Gasteiger partial charge < -0.3 is 15.1 Å². The molecule has 0 aliphatic rings. The molecule has 2 aromatic carbocycles. The number of ketones is 1. The van der Waals surface area contributed by atoms with E-state index in [4.69, 9.17) is 11.6 Å². The molecule has 7 heteroatoms. The maximum atomic E-state index is 13.1. The predicted octanol–water partition coefficient (Wildman–Crippen LogP) is 3.52. The fourth-order valence-corrected chi connectivity index (χ4v) is 3.39. The second kappa shape index (κ2) is 6.41. The van der Waals surface area contributed by atoms with Gasteiger partial charge in [0, 0.05) is 26.9 Å². The summed E-state index contributed by atoms with van der Waals surface area (Å²) < 4.78 is 0. The van der Waals surface area contributed by atoms with E-state index in [0.29, 0.717) is 32.3 Å². The highest BCUT2D eigenvalue weighted by Gasteiger charge is 2.22. The van der Waals surface area contributed by atoms with Crippen LogP contribution in [0.25, 0.3) is 21.7 Å². The van der Waals surface area contributed by atoms with E-state index in [1.54, 1.807) is 48.5 Å². The highest BCUT2D eigenvalue weighted by molar-refractivity contribution is 6.31. The second-order valence-electron chi connectivity index (χ2n) is 6.17. The highest BCUT2D eigenvalue weighted by atomic mass is 35.5. The van der Waals surface area contributed by atoms with Crippen molar-refractivity contribution in [2.75, 3.05) is 0 Å². The number of carboxylic acid groups (broad SMARTS) is 1. The van der Waals surface area contributed by atoms with Crippen LogP contribution in [0.1, 0.15) is 21.7 Å². The molecule has 0 aliphatic heterocycles. The molecule has 0 aliphatic carbocycles. The lowest BCUT2D eigenvalue weighted by molar-refractivity contribution is -0.136. The standard InChI is InChI=1S/C20H13ClN2O4/c21-11-5-6-15-13(8-11)14(9-17(24)25)18(22-15)19(26)16-7-10-3-1-2-4-12(10)20(27)23-16/h1-8,22H,9H2,(H,23,27)(H,24,25). The minimum Gasteiger partial charge on any atom is -0.481 e. The third kappa shape index (κ3) is 3.00. The van der Waals surface area contributed by atoms with Crippen LogP contribution in [0.2, 0.25) is 5.02 Å². The van der Waals surface area contributed by atoms with Crippen LogP contribution in [0.3, 0.4) is 0 Å². The van der Waals surface area contributed by atoms with Crippen molar-refractivity contribution in [1.29, 1.82) is 0 Å². The van der Waals surface area contributed by atoms with Crippen LogP contribution >= 0.6 is 11.6 Å². The number of aliphatic carboxylic acids is 1. The van der Waals surface area contributed by atoms with Gasteiger partial charge in [0.2, 0.25) is 5.78 Å². The first-order valence-electron chi connectivity index (χ1n) is 8.12. The summed E-state index contributed by atoms with van der Waals surface area (Å²) in [6.45, 7) is 0. The Morgan fingerprint density at radius 3 is 2.56 bits per heavy atom. The lowest BCUT2D eigenvalue weighted by Crippen LogP contribution is -2.16. The van der Waals surface area contributed by atoms with Crippen LogP contribution in [-0.2, 0) is 11.2 Å². The van der Waals surface area contributed by atoms with Gasteiger partial charge in [0.05, 0.1) is 17.8 Å². The van der Waals surface area contributed by atoms with Crippen molar-refractivity contribution in [3.05, 3.63) is 80.9 Å². The number of rotatable bonds is 4. The van der Waals surface area contributed by atoms with Crippen molar-refractivity contribution in [2.24, 2.45) is 0 Å². The summed E-state index contributed by atoms with van der Waals surface area (Å²) in [6.07, 6.45) is -0.348. The Balaban J connectivity index is 1.92. The van der Waals surface area contributed by atoms with Gasteiger partial charge >= 0.3 is 5.97 Å². The molecular formula is C20H13ClN2O4. The van der Waals surface area contributed by atoms with Crippen molar-refractivity contribution in [3.8, 4) is 0 Å². The van der Waals surface area contributed by atoms with Gasteiger partial charge in [0.1, 0.15) is 0 Å². The Hall–Kier alpha value is -3.38. The predicted molar refractivity (Wildman–Crippen MR) is 103 cm³/mol. The first-order valence-corrected chi connectivity index (χ1v) is 8.50. The van der Waals surface area contributed by atoms with Crippen molar-refractivity contribution in [2.45, 2.75) is 6.42 Å². The van der Waals surface area contributed by atoms with Crippen LogP contribution in [0.15, 0.2) is 53.3 Å². The molecule has 0 bridgehead atoms. The third-order valence-corrected chi connectivity index (χ3v) is 4.66. The molecule has 0 saturated heterocycles. The Kier molecular flexibility index (Phi) is 4.05. The van der Waals surface area contributed by atoms with Crippen LogP contribution in [0, 0.1) is 0 Å². The van der Waals surface area contributed by atoms with E-state index in [1.165, 1.54) is 0 Å². The van der Waals surface area contributed by atoms with Gasteiger partial charge in [-0.3, -0.25) is 14.4 Å². The molecule has 134 valence electrons. The van der Waals surface area contributed by atoms with Gasteiger partial charge in [0.15, 0.2) is 0 Å². The second-order valence-corrected chi connectivity index (χ2v) is 6.60. The van der Waals surface area contributed by atoms with Gasteiger partial charge in [-0.25, -0.2) is 0 Å². The molecule has 0 amide bonds. The zero-order chi connectivity index (χ0) is 19.1. The molecule has 0 fully saturated rings. The number of nitrogens with one attached hydrogen (secondary N) is 2. The number of pyridine rings is 1. The average Bonchev–Trinajstić information content (AvgIpc) is 2.98. The van der Waals surface area contributed by atoms with Gasteiger partial charge in [-0.05, 0) is 35.7 Å². The fraction of sp³-hybridized carbons (Fsp3) is 0.0500. The molecule has 0 atom stereocenters. The summed E-state index contributed by atoms with van der Waals surface area (Å²) in [7, 11) is 0. The maximum absolute atomic E-state index is 13.1. The highest BCUT2D eigenvalue weighted by Crippen LogP contribution is 2.28. The van der Waals surface area contributed by atoms with Crippen molar-refractivity contribution >= 4 is 45.0 Å². The molecular weight excluding hydrogens is 368 g/mol. The smallest absolute Gasteiger partial charge is 0.307 e. The molecule has 6 nitrogen and oxygen atoms in total. The zero-order valence-corrected chi connectivity index (χ0v) is 14.6. The summed E-state index contributed by atoms with van der Waals surface area (Å²) >= 11 is 6.03. The number of carbonyl (C=O) groups excluding carboxylic acids is 1. The van der Waals surface area contributed by atoms with Crippen LogP contribution in [0.5, 0.6) is 0 Å². The van der Waals surface area contributed by atoms with E-state index in [2.05, 4.69) is 9.97 Å². The van der Waals surface area contributed by atoms with E-state index in [0.717, 1.165) is 0 Å². The number of benzene rings is 2. The number of hydrogen-bond acceptors (Lipinski definition) is 3. The van der Waals surface area contributed by atoms with Crippen molar-refractivity contribution < 1.29 is 14.7 Å². The Bertz CT molecular complexity index is 1290. The number of aromatic amines is 2. The van der Waals surface area contributed by atoms with Gasteiger partial charge in [-0.15, -0.1) is 0 Å². The number of carbonyl (C=O) groups is 2. The molecule has 4 rings (SSSR count). The molecule has 27 heavy (non-hydrogen) atoms. The quantitative estimate of drug-likeness (QED) is 0.471.